The van der Waals surface area contributed by atoms with Gasteiger partial charge in [0.25, 0.3) is 5.91 Å². The van der Waals surface area contributed by atoms with Crippen molar-refractivity contribution in [3.63, 3.8) is 0 Å². The molecule has 2 aromatic heterocycles. The fourth-order valence-corrected chi connectivity index (χ4v) is 3.97. The fraction of sp³-hybridized carbons (Fsp3) is 0.120. The van der Waals surface area contributed by atoms with Crippen LogP contribution < -0.4 is 15.4 Å². The molecule has 1 amide bonds. The Bertz CT molecular complexity index is 1330. The molecular weight excluding hydrogens is 416 g/mol. The molecule has 0 radical (unpaired) electrons. The van der Waals surface area contributed by atoms with Gasteiger partial charge in [-0.05, 0) is 25.1 Å². The first-order valence-corrected chi connectivity index (χ1v) is 10.5. The molecule has 0 bridgehead atoms. The summed E-state index contributed by atoms with van der Waals surface area (Å²) in [7, 11) is 1.61. The number of aromatic nitrogens is 4. The van der Waals surface area contributed by atoms with Gasteiger partial charge in [-0.2, -0.15) is 4.98 Å². The molecule has 0 saturated carbocycles. The van der Waals surface area contributed by atoms with Crippen LogP contribution in [-0.4, -0.2) is 32.8 Å². The molecule has 3 heterocycles. The Morgan fingerprint density at radius 3 is 2.61 bits per heavy atom. The van der Waals surface area contributed by atoms with Crippen molar-refractivity contribution in [2.24, 2.45) is 0 Å². The molecule has 8 nitrogen and oxygen atoms in total. The monoisotopic (exact) mass is 438 g/mol. The third kappa shape index (κ3) is 3.82. The first kappa shape index (κ1) is 20.4. The molecular formula is C25H22N6O2. The first-order chi connectivity index (χ1) is 16.2. The number of anilines is 2. The van der Waals surface area contributed by atoms with Gasteiger partial charge in [-0.3, -0.25) is 9.78 Å². The van der Waals surface area contributed by atoms with Crippen molar-refractivity contribution < 1.29 is 9.53 Å². The summed E-state index contributed by atoms with van der Waals surface area (Å²) in [4.78, 5) is 22.3. The minimum Gasteiger partial charge on any atom is -0.496 e. The van der Waals surface area contributed by atoms with Crippen LogP contribution in [0.4, 0.5) is 11.6 Å². The number of benzene rings is 2. The Morgan fingerprint density at radius 2 is 1.85 bits per heavy atom. The zero-order valence-electron chi connectivity index (χ0n) is 18.2. The number of rotatable bonds is 5. The predicted octanol–water partition coefficient (Wildman–Crippen LogP) is 4.28. The maximum atomic E-state index is 13.5. The van der Waals surface area contributed by atoms with E-state index in [9.17, 15) is 4.79 Å². The number of nitrogens with one attached hydrogen (secondary N) is 2. The second-order valence-corrected chi connectivity index (χ2v) is 7.57. The highest BCUT2D eigenvalue weighted by molar-refractivity contribution is 6.06. The number of allylic oxidation sites excluding steroid dienone is 1. The minimum absolute atomic E-state index is 0.258. The van der Waals surface area contributed by atoms with Crippen molar-refractivity contribution in [3.05, 3.63) is 96.0 Å². The molecule has 1 aliphatic rings. The van der Waals surface area contributed by atoms with Gasteiger partial charge in [0.05, 0.1) is 24.6 Å². The first-order valence-electron chi connectivity index (χ1n) is 10.5. The third-order valence-electron chi connectivity index (χ3n) is 5.48. The van der Waals surface area contributed by atoms with Gasteiger partial charge in [-0.25, -0.2) is 4.68 Å². The number of carbonyl (C=O) groups excluding carboxylic acids is 1. The summed E-state index contributed by atoms with van der Waals surface area (Å²) in [6.07, 6.45) is 3.27. The highest BCUT2D eigenvalue weighted by Crippen LogP contribution is 2.40. The lowest BCUT2D eigenvalue weighted by Gasteiger charge is -2.29. The summed E-state index contributed by atoms with van der Waals surface area (Å²) >= 11 is 0. The summed E-state index contributed by atoms with van der Waals surface area (Å²) < 4.78 is 7.38. The van der Waals surface area contributed by atoms with Gasteiger partial charge in [0.2, 0.25) is 5.95 Å². The van der Waals surface area contributed by atoms with Gasteiger partial charge in [0.15, 0.2) is 5.82 Å². The van der Waals surface area contributed by atoms with Crippen molar-refractivity contribution in [2.45, 2.75) is 13.0 Å². The Hall–Kier alpha value is -4.46. The van der Waals surface area contributed by atoms with E-state index >= 15 is 0 Å². The SMILES string of the molecule is COc1ccccc1C1C(C(=O)Nc2cccnc2)=C(C)Nc2nc(-c3ccccc3)nn21. The molecule has 2 N–H and O–H groups in total. The average molecular weight is 438 g/mol. The zero-order valence-corrected chi connectivity index (χ0v) is 18.2. The number of para-hydroxylation sites is 1. The Balaban J connectivity index is 1.64. The van der Waals surface area contributed by atoms with E-state index in [1.165, 1.54) is 0 Å². The Labute approximate surface area is 191 Å². The second kappa shape index (κ2) is 8.58. The lowest BCUT2D eigenvalue weighted by molar-refractivity contribution is -0.113. The number of nitrogens with zero attached hydrogens (tertiary/aromatic N) is 4. The number of hydrogen-bond donors (Lipinski definition) is 2. The lowest BCUT2D eigenvalue weighted by atomic mass is 9.94. The van der Waals surface area contributed by atoms with Gasteiger partial charge >= 0.3 is 0 Å². The van der Waals surface area contributed by atoms with Crippen LogP contribution >= 0.6 is 0 Å². The van der Waals surface area contributed by atoms with Gasteiger partial charge in [0, 0.05) is 23.0 Å². The van der Waals surface area contributed by atoms with E-state index in [1.807, 2.05) is 61.5 Å². The maximum Gasteiger partial charge on any atom is 0.255 e. The lowest BCUT2D eigenvalue weighted by Crippen LogP contribution is -2.31. The van der Waals surface area contributed by atoms with Crippen LogP contribution in [-0.2, 0) is 4.79 Å². The minimum atomic E-state index is -0.543. The van der Waals surface area contributed by atoms with Crippen LogP contribution in [0.15, 0.2) is 90.4 Å². The van der Waals surface area contributed by atoms with Crippen LogP contribution in [0.5, 0.6) is 5.75 Å². The van der Waals surface area contributed by atoms with E-state index in [2.05, 4.69) is 15.6 Å². The molecule has 5 rings (SSSR count). The van der Waals surface area contributed by atoms with Gasteiger partial charge in [0.1, 0.15) is 11.8 Å². The van der Waals surface area contributed by atoms with E-state index in [-0.39, 0.29) is 5.91 Å². The zero-order chi connectivity index (χ0) is 22.8. The molecule has 0 aliphatic carbocycles. The van der Waals surface area contributed by atoms with Crippen LogP contribution in [0.1, 0.15) is 18.5 Å². The summed E-state index contributed by atoms with van der Waals surface area (Å²) in [5.74, 6) is 1.53. The largest absolute Gasteiger partial charge is 0.496 e. The van der Waals surface area contributed by atoms with E-state index in [0.717, 1.165) is 11.1 Å². The van der Waals surface area contributed by atoms with E-state index in [1.54, 1.807) is 36.3 Å². The van der Waals surface area contributed by atoms with Crippen LogP contribution in [0.3, 0.4) is 0 Å². The standard InChI is InChI=1S/C25H22N6O2/c1-16-21(24(32)28-18-11-8-14-26-15-18)22(19-12-6-7-13-20(19)33-2)31-25(27-16)29-23(30-31)17-9-4-3-5-10-17/h3-15,22H,1-2H3,(H,28,32)(H,27,29,30). The number of amides is 1. The van der Waals surface area contributed by atoms with Crippen molar-refractivity contribution in [1.29, 1.82) is 0 Å². The van der Waals surface area contributed by atoms with E-state index in [0.29, 0.717) is 34.5 Å². The van der Waals surface area contributed by atoms with Gasteiger partial charge in [-0.1, -0.05) is 48.5 Å². The highest BCUT2D eigenvalue weighted by atomic mass is 16.5. The van der Waals surface area contributed by atoms with Crippen molar-refractivity contribution >= 4 is 17.5 Å². The number of fused-ring (bicyclic) bond motifs is 1. The summed E-state index contributed by atoms with van der Waals surface area (Å²) in [5.41, 5.74) is 3.50. The molecule has 4 aromatic rings. The molecule has 0 spiro atoms. The molecule has 0 saturated heterocycles. The Morgan fingerprint density at radius 1 is 1.06 bits per heavy atom. The molecule has 8 heteroatoms. The molecule has 1 aliphatic heterocycles. The van der Waals surface area contributed by atoms with Crippen molar-refractivity contribution in [3.8, 4) is 17.1 Å². The van der Waals surface area contributed by atoms with Gasteiger partial charge in [-0.15, -0.1) is 5.10 Å². The van der Waals surface area contributed by atoms with Gasteiger partial charge < -0.3 is 15.4 Å². The van der Waals surface area contributed by atoms with Crippen molar-refractivity contribution in [1.82, 2.24) is 19.7 Å². The highest BCUT2D eigenvalue weighted by Gasteiger charge is 2.36. The normalized spacial score (nSPS) is 14.9. The summed E-state index contributed by atoms with van der Waals surface area (Å²) in [6, 6.07) is 20.4. The summed E-state index contributed by atoms with van der Waals surface area (Å²) in [5, 5.41) is 11.0. The van der Waals surface area contributed by atoms with Crippen LogP contribution in [0.25, 0.3) is 11.4 Å². The Kier molecular flexibility index (Phi) is 5.32. The van der Waals surface area contributed by atoms with E-state index in [4.69, 9.17) is 14.8 Å². The molecule has 1 atom stereocenters. The second-order valence-electron chi connectivity index (χ2n) is 7.57. The molecule has 33 heavy (non-hydrogen) atoms. The van der Waals surface area contributed by atoms with Crippen LogP contribution in [0.2, 0.25) is 0 Å². The molecule has 164 valence electrons. The summed E-state index contributed by atoms with van der Waals surface area (Å²) in [6.45, 7) is 1.86. The number of hydrogen-bond acceptors (Lipinski definition) is 6. The molecule has 1 unspecified atom stereocenters. The van der Waals surface area contributed by atoms with E-state index < -0.39 is 6.04 Å². The fourth-order valence-electron chi connectivity index (χ4n) is 3.97. The van der Waals surface area contributed by atoms with Crippen molar-refractivity contribution in [2.75, 3.05) is 17.7 Å². The smallest absolute Gasteiger partial charge is 0.255 e. The maximum absolute atomic E-state index is 13.5. The quantitative estimate of drug-likeness (QED) is 0.483. The number of carbonyl (C=O) groups is 1. The molecule has 0 fully saturated rings. The van der Waals surface area contributed by atoms with Crippen LogP contribution in [0, 0.1) is 0 Å². The average Bonchev–Trinajstić information content (AvgIpc) is 3.28. The molecule has 2 aromatic carbocycles. The predicted molar refractivity (Wildman–Crippen MR) is 126 cm³/mol. The third-order valence-corrected chi connectivity index (χ3v) is 5.48. The topological polar surface area (TPSA) is 94.0 Å². The number of ether oxygens (including phenoxy) is 1. The number of pyridine rings is 1. The number of methoxy groups -OCH3 is 1.